The number of alkyl halides is 3. The molecule has 0 bridgehead atoms. The van der Waals surface area contributed by atoms with Crippen LogP contribution in [0.1, 0.15) is 42.1 Å². The lowest BCUT2D eigenvalue weighted by atomic mass is 9.81. The standard InChI is InChI=1S/C26H24ClF4N3O3/c1-2-17-11-21(35)34-24(33-17)22-19(26(29,30)31)8-7-14(23(22)28)12-32-25(36)16-9-18(10-16)37-13-15-5-3-4-6-20(15)27/h3-8,11,16,18H,2,9-10,12-13H2,1H3,(H,32,36)(H,33,34,35)/t16-,18-. The SMILES string of the molecule is CCc1cc(=O)[nH]c(-c2c(C(F)(F)F)ccc(CNC(=O)[C@H]3C[C@H](OCc4ccccc4Cl)C3)c2F)n1. The fourth-order valence-corrected chi connectivity index (χ4v) is 4.29. The molecule has 1 fully saturated rings. The van der Waals surface area contributed by atoms with Gasteiger partial charge in [-0.25, -0.2) is 9.37 Å². The van der Waals surface area contributed by atoms with Gasteiger partial charge in [0.05, 0.1) is 23.8 Å². The molecule has 1 amide bonds. The molecule has 1 aliphatic carbocycles. The van der Waals surface area contributed by atoms with E-state index in [0.717, 1.165) is 23.8 Å². The quantitative estimate of drug-likeness (QED) is 0.376. The molecule has 4 rings (SSSR count). The molecule has 0 atom stereocenters. The number of ether oxygens (including phenoxy) is 1. The van der Waals surface area contributed by atoms with Crippen LogP contribution in [0.2, 0.25) is 5.02 Å². The first-order valence-corrected chi connectivity index (χ1v) is 12.1. The van der Waals surface area contributed by atoms with Crippen molar-refractivity contribution in [3.05, 3.63) is 86.0 Å². The van der Waals surface area contributed by atoms with Crippen LogP contribution in [0.15, 0.2) is 47.3 Å². The van der Waals surface area contributed by atoms with Crippen LogP contribution in [0.25, 0.3) is 11.4 Å². The molecule has 0 saturated heterocycles. The first-order chi connectivity index (χ1) is 17.6. The molecule has 6 nitrogen and oxygen atoms in total. The first-order valence-electron chi connectivity index (χ1n) is 11.7. The summed E-state index contributed by atoms with van der Waals surface area (Å²) in [7, 11) is 0. The van der Waals surface area contributed by atoms with Crippen molar-refractivity contribution < 1.29 is 27.1 Å². The Bertz CT molecular complexity index is 1350. The van der Waals surface area contributed by atoms with E-state index in [1.165, 1.54) is 0 Å². The highest BCUT2D eigenvalue weighted by Gasteiger charge is 2.38. The van der Waals surface area contributed by atoms with Gasteiger partial charge in [-0.05, 0) is 37.0 Å². The number of amides is 1. The maximum absolute atomic E-state index is 15.4. The van der Waals surface area contributed by atoms with E-state index < -0.39 is 34.5 Å². The third kappa shape index (κ3) is 6.19. The average molecular weight is 538 g/mol. The number of rotatable bonds is 8. The molecule has 11 heteroatoms. The number of aromatic amines is 1. The summed E-state index contributed by atoms with van der Waals surface area (Å²) in [5.41, 5.74) is -1.92. The van der Waals surface area contributed by atoms with E-state index in [2.05, 4.69) is 15.3 Å². The molecule has 1 aliphatic rings. The van der Waals surface area contributed by atoms with Crippen LogP contribution in [0.3, 0.4) is 0 Å². The number of H-pyrrole nitrogens is 1. The van der Waals surface area contributed by atoms with Crippen molar-refractivity contribution in [2.75, 3.05) is 0 Å². The predicted octanol–water partition coefficient (Wildman–Crippen LogP) is 5.42. The molecule has 0 spiro atoms. The molecule has 0 aliphatic heterocycles. The summed E-state index contributed by atoms with van der Waals surface area (Å²) in [6.07, 6.45) is -3.81. The summed E-state index contributed by atoms with van der Waals surface area (Å²) in [6.45, 7) is 1.66. The average Bonchev–Trinajstić information content (AvgIpc) is 2.82. The van der Waals surface area contributed by atoms with E-state index in [4.69, 9.17) is 16.3 Å². The number of benzene rings is 2. The Morgan fingerprint density at radius 3 is 2.59 bits per heavy atom. The van der Waals surface area contributed by atoms with Crippen LogP contribution in [-0.2, 0) is 35.3 Å². The van der Waals surface area contributed by atoms with Gasteiger partial charge < -0.3 is 15.0 Å². The Labute approximate surface area is 215 Å². The molecule has 2 N–H and O–H groups in total. The Morgan fingerprint density at radius 1 is 1.19 bits per heavy atom. The van der Waals surface area contributed by atoms with Gasteiger partial charge in [-0.2, -0.15) is 13.2 Å². The van der Waals surface area contributed by atoms with E-state index in [9.17, 15) is 22.8 Å². The molecule has 2 aromatic carbocycles. The Kier molecular flexibility index (Phi) is 7.99. The van der Waals surface area contributed by atoms with Crippen molar-refractivity contribution in [2.45, 2.75) is 51.6 Å². The van der Waals surface area contributed by atoms with Crippen LogP contribution in [0, 0.1) is 11.7 Å². The highest BCUT2D eigenvalue weighted by Crippen LogP contribution is 2.38. The number of nitrogens with one attached hydrogen (secondary N) is 2. The molecule has 3 aromatic rings. The molecular formula is C26H24ClF4N3O3. The Morgan fingerprint density at radius 2 is 1.92 bits per heavy atom. The molecule has 37 heavy (non-hydrogen) atoms. The summed E-state index contributed by atoms with van der Waals surface area (Å²) in [6, 6.07) is 10.1. The normalized spacial score (nSPS) is 17.4. The molecular weight excluding hydrogens is 514 g/mol. The van der Waals surface area contributed by atoms with Gasteiger partial charge in [0, 0.05) is 34.8 Å². The Hall–Kier alpha value is -3.24. The van der Waals surface area contributed by atoms with E-state index in [1.54, 1.807) is 13.0 Å². The van der Waals surface area contributed by atoms with Crippen LogP contribution in [0.5, 0.6) is 0 Å². The lowest BCUT2D eigenvalue weighted by Gasteiger charge is -2.34. The lowest BCUT2D eigenvalue weighted by molar-refractivity contribution is -0.137. The van der Waals surface area contributed by atoms with Crippen LogP contribution in [-0.4, -0.2) is 22.0 Å². The maximum atomic E-state index is 15.4. The minimum Gasteiger partial charge on any atom is -0.373 e. The van der Waals surface area contributed by atoms with Gasteiger partial charge >= 0.3 is 6.18 Å². The van der Waals surface area contributed by atoms with Gasteiger partial charge in [-0.1, -0.05) is 42.8 Å². The fourth-order valence-electron chi connectivity index (χ4n) is 4.10. The number of hydrogen-bond donors (Lipinski definition) is 2. The second-order valence-electron chi connectivity index (χ2n) is 8.81. The maximum Gasteiger partial charge on any atom is 0.417 e. The molecule has 0 unspecified atom stereocenters. The van der Waals surface area contributed by atoms with Crippen molar-refractivity contribution in [3.8, 4) is 11.4 Å². The van der Waals surface area contributed by atoms with Crippen LogP contribution in [0.4, 0.5) is 17.6 Å². The summed E-state index contributed by atoms with van der Waals surface area (Å²) in [5, 5.41) is 3.18. The molecule has 1 saturated carbocycles. The molecule has 0 radical (unpaired) electrons. The largest absolute Gasteiger partial charge is 0.417 e. The van der Waals surface area contributed by atoms with Gasteiger partial charge in [0.1, 0.15) is 11.6 Å². The van der Waals surface area contributed by atoms with Crippen molar-refractivity contribution >= 4 is 17.5 Å². The van der Waals surface area contributed by atoms with E-state index in [0.29, 0.717) is 24.5 Å². The van der Waals surface area contributed by atoms with Gasteiger partial charge in [0.25, 0.3) is 5.56 Å². The molecule has 1 heterocycles. The highest BCUT2D eigenvalue weighted by atomic mass is 35.5. The number of halogens is 5. The smallest absolute Gasteiger partial charge is 0.373 e. The lowest BCUT2D eigenvalue weighted by Crippen LogP contribution is -2.42. The fraction of sp³-hybridized carbons (Fsp3) is 0.346. The number of carbonyl (C=O) groups is 1. The van der Waals surface area contributed by atoms with Gasteiger partial charge in [-0.3, -0.25) is 9.59 Å². The number of nitrogens with zero attached hydrogens (tertiary/aromatic N) is 1. The van der Waals surface area contributed by atoms with Crippen LogP contribution < -0.4 is 10.9 Å². The zero-order valence-corrected chi connectivity index (χ0v) is 20.5. The minimum absolute atomic E-state index is 0.129. The highest BCUT2D eigenvalue weighted by molar-refractivity contribution is 6.31. The third-order valence-corrected chi connectivity index (χ3v) is 6.64. The first kappa shape index (κ1) is 26.8. The van der Waals surface area contributed by atoms with Gasteiger partial charge in [0.2, 0.25) is 5.91 Å². The van der Waals surface area contributed by atoms with Crippen molar-refractivity contribution in [1.82, 2.24) is 15.3 Å². The van der Waals surface area contributed by atoms with Gasteiger partial charge in [0.15, 0.2) is 0 Å². The number of aromatic nitrogens is 2. The summed E-state index contributed by atoms with van der Waals surface area (Å²) >= 11 is 6.11. The van der Waals surface area contributed by atoms with Crippen LogP contribution >= 0.6 is 11.6 Å². The zero-order chi connectivity index (χ0) is 26.7. The summed E-state index contributed by atoms with van der Waals surface area (Å²) in [5.74, 6) is -2.42. The summed E-state index contributed by atoms with van der Waals surface area (Å²) < 4.78 is 62.1. The van der Waals surface area contributed by atoms with Crippen molar-refractivity contribution in [1.29, 1.82) is 0 Å². The third-order valence-electron chi connectivity index (χ3n) is 6.27. The second-order valence-corrected chi connectivity index (χ2v) is 9.22. The number of carbonyl (C=O) groups excluding carboxylic acids is 1. The van der Waals surface area contributed by atoms with E-state index >= 15 is 4.39 Å². The Balaban J connectivity index is 1.43. The zero-order valence-electron chi connectivity index (χ0n) is 19.8. The van der Waals surface area contributed by atoms with Crippen molar-refractivity contribution in [3.63, 3.8) is 0 Å². The molecule has 1 aromatic heterocycles. The minimum atomic E-state index is -4.89. The van der Waals surface area contributed by atoms with Crippen molar-refractivity contribution in [2.24, 2.45) is 5.92 Å². The van der Waals surface area contributed by atoms with E-state index in [-0.39, 0.29) is 42.2 Å². The number of hydrogen-bond acceptors (Lipinski definition) is 4. The van der Waals surface area contributed by atoms with Gasteiger partial charge in [-0.15, -0.1) is 0 Å². The van der Waals surface area contributed by atoms with E-state index in [1.807, 2.05) is 18.2 Å². The number of aryl methyl sites for hydroxylation is 1. The second kappa shape index (κ2) is 11.0. The summed E-state index contributed by atoms with van der Waals surface area (Å²) in [4.78, 5) is 30.7. The predicted molar refractivity (Wildman–Crippen MR) is 129 cm³/mol. The topological polar surface area (TPSA) is 84.1 Å². The monoisotopic (exact) mass is 537 g/mol. The molecule has 196 valence electrons.